The third-order valence-corrected chi connectivity index (χ3v) is 3.65. The van der Waals surface area contributed by atoms with Gasteiger partial charge in [-0.1, -0.05) is 34.1 Å². The summed E-state index contributed by atoms with van der Waals surface area (Å²) in [6.45, 7) is 9.75. The number of nitrogens with one attached hydrogen (secondary N) is 1. The second-order valence-electron chi connectivity index (χ2n) is 6.56. The third-order valence-electron chi connectivity index (χ3n) is 3.65. The van der Waals surface area contributed by atoms with Crippen molar-refractivity contribution in [3.63, 3.8) is 0 Å². The first-order valence-corrected chi connectivity index (χ1v) is 7.66. The van der Waals surface area contributed by atoms with Crippen LogP contribution < -0.4 is 5.32 Å². The first kappa shape index (κ1) is 14.3. The maximum absolute atomic E-state index is 4.86. The number of hydrogen-bond acceptors (Lipinski definition) is 3. The molecule has 1 aliphatic rings. The summed E-state index contributed by atoms with van der Waals surface area (Å²) >= 11 is 0. The van der Waals surface area contributed by atoms with Crippen LogP contribution in [0, 0.1) is 0 Å². The van der Waals surface area contributed by atoms with Crippen LogP contribution in [0.5, 0.6) is 0 Å². The summed E-state index contributed by atoms with van der Waals surface area (Å²) in [6.07, 6.45) is 7.22. The molecule has 0 saturated heterocycles. The van der Waals surface area contributed by atoms with E-state index in [1.807, 2.05) is 0 Å². The van der Waals surface area contributed by atoms with E-state index in [1.165, 1.54) is 30.5 Å². The molecule has 1 aromatic rings. The van der Waals surface area contributed by atoms with E-state index in [9.17, 15) is 0 Å². The number of aryl methyl sites for hydroxylation is 1. The number of nitrogens with zero attached hydrogens (tertiary/aromatic N) is 2. The first-order chi connectivity index (χ1) is 9.02. The monoisotopic (exact) mass is 261 g/mol. The Bertz CT molecular complexity index is 432. The Labute approximate surface area is 117 Å². The van der Waals surface area contributed by atoms with Crippen LogP contribution in [-0.2, 0) is 18.3 Å². The average Bonchev–Trinajstić information content (AvgIpc) is 2.59. The van der Waals surface area contributed by atoms with Crippen molar-refractivity contribution in [2.75, 3.05) is 11.9 Å². The Hall–Kier alpha value is -1.12. The van der Waals surface area contributed by atoms with Crippen molar-refractivity contribution in [1.29, 1.82) is 0 Å². The molecule has 1 aromatic heterocycles. The molecule has 1 heterocycles. The fraction of sp³-hybridized carbons (Fsp3) is 0.750. The summed E-state index contributed by atoms with van der Waals surface area (Å²) < 4.78 is 0. The lowest BCUT2D eigenvalue weighted by molar-refractivity contribution is 0.540. The Kier molecular flexibility index (Phi) is 4.43. The molecule has 1 N–H and O–H groups in total. The largest absolute Gasteiger partial charge is 0.370 e. The van der Waals surface area contributed by atoms with Crippen molar-refractivity contribution in [3.8, 4) is 0 Å². The number of anilines is 1. The van der Waals surface area contributed by atoms with Gasteiger partial charge < -0.3 is 5.32 Å². The average molecular weight is 261 g/mol. The Morgan fingerprint density at radius 3 is 2.47 bits per heavy atom. The topological polar surface area (TPSA) is 37.8 Å². The van der Waals surface area contributed by atoms with E-state index in [1.54, 1.807) is 0 Å². The molecule has 0 saturated carbocycles. The molecule has 0 fully saturated rings. The molecule has 0 radical (unpaired) electrons. The molecule has 3 nitrogen and oxygen atoms in total. The zero-order valence-electron chi connectivity index (χ0n) is 12.8. The van der Waals surface area contributed by atoms with Gasteiger partial charge in [-0.15, -0.1) is 0 Å². The van der Waals surface area contributed by atoms with Crippen molar-refractivity contribution in [3.05, 3.63) is 17.1 Å². The minimum Gasteiger partial charge on any atom is -0.370 e. The van der Waals surface area contributed by atoms with Gasteiger partial charge in [0.2, 0.25) is 0 Å². The zero-order valence-corrected chi connectivity index (χ0v) is 12.8. The zero-order chi connectivity index (χ0) is 13.9. The smallest absolute Gasteiger partial charge is 0.136 e. The highest BCUT2D eigenvalue weighted by molar-refractivity contribution is 5.48. The second kappa shape index (κ2) is 5.89. The van der Waals surface area contributed by atoms with Crippen LogP contribution in [0.15, 0.2) is 0 Å². The first-order valence-electron chi connectivity index (χ1n) is 7.66. The molecular weight excluding hydrogens is 234 g/mol. The minimum atomic E-state index is 0.0178. The molecule has 19 heavy (non-hydrogen) atoms. The lowest BCUT2D eigenvalue weighted by atomic mass is 9.95. The molecule has 106 valence electrons. The summed E-state index contributed by atoms with van der Waals surface area (Å²) in [4.78, 5) is 9.68. The van der Waals surface area contributed by atoms with Gasteiger partial charge in [-0.2, -0.15) is 0 Å². The van der Waals surface area contributed by atoms with E-state index in [-0.39, 0.29) is 5.41 Å². The normalized spacial score (nSPS) is 15.8. The van der Waals surface area contributed by atoms with Crippen LogP contribution >= 0.6 is 0 Å². The number of fused-ring (bicyclic) bond motifs is 1. The van der Waals surface area contributed by atoms with Gasteiger partial charge in [0, 0.05) is 23.2 Å². The van der Waals surface area contributed by atoms with Crippen molar-refractivity contribution in [2.45, 2.75) is 71.6 Å². The summed E-state index contributed by atoms with van der Waals surface area (Å²) in [5.74, 6) is 2.07. The summed E-state index contributed by atoms with van der Waals surface area (Å²) in [6, 6.07) is 0. The standard InChI is InChI=1S/C16H27N3/c1-5-11-17-14-12-9-7-6-8-10-13(12)18-15(19-14)16(2,3)4/h5-11H2,1-4H3,(H,17,18,19). The van der Waals surface area contributed by atoms with E-state index < -0.39 is 0 Å². The molecule has 2 rings (SSSR count). The molecule has 0 amide bonds. The molecule has 0 aliphatic heterocycles. The quantitative estimate of drug-likeness (QED) is 0.839. The van der Waals surface area contributed by atoms with E-state index >= 15 is 0 Å². The maximum atomic E-state index is 4.86. The molecule has 0 atom stereocenters. The summed E-state index contributed by atoms with van der Waals surface area (Å²) in [5, 5.41) is 3.51. The third kappa shape index (κ3) is 3.46. The van der Waals surface area contributed by atoms with E-state index in [4.69, 9.17) is 9.97 Å². The minimum absolute atomic E-state index is 0.0178. The fourth-order valence-corrected chi connectivity index (χ4v) is 2.50. The number of hydrogen-bond donors (Lipinski definition) is 1. The molecule has 0 aromatic carbocycles. The Morgan fingerprint density at radius 1 is 1.05 bits per heavy atom. The van der Waals surface area contributed by atoms with E-state index in [0.29, 0.717) is 0 Å². The van der Waals surface area contributed by atoms with Crippen LogP contribution in [-0.4, -0.2) is 16.5 Å². The van der Waals surface area contributed by atoms with Crippen LogP contribution in [0.3, 0.4) is 0 Å². The van der Waals surface area contributed by atoms with Gasteiger partial charge in [0.15, 0.2) is 0 Å². The van der Waals surface area contributed by atoms with Gasteiger partial charge in [0.05, 0.1) is 0 Å². The van der Waals surface area contributed by atoms with Gasteiger partial charge in [-0.25, -0.2) is 9.97 Å². The SMILES string of the molecule is CCCNc1nc(C(C)(C)C)nc2c1CCCCC2. The van der Waals surface area contributed by atoms with Crippen LogP contribution in [0.4, 0.5) is 5.82 Å². The lowest BCUT2D eigenvalue weighted by Gasteiger charge is -2.21. The summed E-state index contributed by atoms with van der Waals surface area (Å²) in [7, 11) is 0. The second-order valence-corrected chi connectivity index (χ2v) is 6.56. The molecule has 0 spiro atoms. The van der Waals surface area contributed by atoms with E-state index in [2.05, 4.69) is 33.0 Å². The van der Waals surface area contributed by atoms with Crippen molar-refractivity contribution < 1.29 is 0 Å². The maximum Gasteiger partial charge on any atom is 0.136 e. The van der Waals surface area contributed by atoms with Crippen LogP contribution in [0.25, 0.3) is 0 Å². The molecule has 3 heteroatoms. The highest BCUT2D eigenvalue weighted by Gasteiger charge is 2.23. The van der Waals surface area contributed by atoms with Crippen molar-refractivity contribution in [1.82, 2.24) is 9.97 Å². The fourth-order valence-electron chi connectivity index (χ4n) is 2.50. The van der Waals surface area contributed by atoms with Crippen LogP contribution in [0.2, 0.25) is 0 Å². The van der Waals surface area contributed by atoms with Gasteiger partial charge >= 0.3 is 0 Å². The van der Waals surface area contributed by atoms with E-state index in [0.717, 1.165) is 37.4 Å². The molecule has 0 unspecified atom stereocenters. The Balaban J connectivity index is 2.43. The van der Waals surface area contributed by atoms with Crippen LogP contribution in [0.1, 0.15) is 70.5 Å². The summed E-state index contributed by atoms with van der Waals surface area (Å²) in [5.41, 5.74) is 2.68. The van der Waals surface area contributed by atoms with Crippen molar-refractivity contribution >= 4 is 5.82 Å². The lowest BCUT2D eigenvalue weighted by Crippen LogP contribution is -2.20. The molecule has 0 bridgehead atoms. The molecular formula is C16H27N3. The van der Waals surface area contributed by atoms with Gasteiger partial charge in [-0.3, -0.25) is 0 Å². The predicted molar refractivity (Wildman–Crippen MR) is 80.8 cm³/mol. The molecule has 1 aliphatic carbocycles. The van der Waals surface area contributed by atoms with Gasteiger partial charge in [0.25, 0.3) is 0 Å². The highest BCUT2D eigenvalue weighted by Crippen LogP contribution is 2.28. The highest BCUT2D eigenvalue weighted by atomic mass is 15.0. The Morgan fingerprint density at radius 2 is 1.79 bits per heavy atom. The van der Waals surface area contributed by atoms with Gasteiger partial charge in [0.1, 0.15) is 11.6 Å². The number of aromatic nitrogens is 2. The van der Waals surface area contributed by atoms with Crippen molar-refractivity contribution in [2.24, 2.45) is 0 Å². The number of rotatable bonds is 3. The van der Waals surface area contributed by atoms with Gasteiger partial charge in [-0.05, 0) is 32.1 Å². The predicted octanol–water partition coefficient (Wildman–Crippen LogP) is 3.86.